The maximum Gasteiger partial charge on any atom is 0.127 e. The highest BCUT2D eigenvalue weighted by Gasteiger charge is 2.03. The highest BCUT2D eigenvalue weighted by molar-refractivity contribution is 5.29. The van der Waals surface area contributed by atoms with E-state index in [-0.39, 0.29) is 5.82 Å². The highest BCUT2D eigenvalue weighted by Crippen LogP contribution is 2.17. The fourth-order valence-electron chi connectivity index (χ4n) is 1.72. The Bertz CT molecular complexity index is 345. The van der Waals surface area contributed by atoms with Gasteiger partial charge in [-0.15, -0.1) is 0 Å². The van der Waals surface area contributed by atoms with Crippen molar-refractivity contribution in [2.45, 2.75) is 40.7 Å². The van der Waals surface area contributed by atoms with Crippen LogP contribution in [0.25, 0.3) is 0 Å². The van der Waals surface area contributed by atoms with Gasteiger partial charge in [-0.25, -0.2) is 4.39 Å². The van der Waals surface area contributed by atoms with Crippen LogP contribution in [0, 0.1) is 17.7 Å². The molecule has 0 amide bonds. The number of benzene rings is 1. The van der Waals surface area contributed by atoms with Gasteiger partial charge in [-0.3, -0.25) is 0 Å². The number of nitrogens with one attached hydrogen (secondary N) is 1. The summed E-state index contributed by atoms with van der Waals surface area (Å²) in [5.41, 5.74) is 0.931. The van der Waals surface area contributed by atoms with Crippen LogP contribution in [0.1, 0.15) is 39.7 Å². The van der Waals surface area contributed by atoms with Gasteiger partial charge in [0.1, 0.15) is 11.6 Å². The molecule has 1 N–H and O–H groups in total. The van der Waals surface area contributed by atoms with E-state index in [1.165, 1.54) is 6.07 Å². The maximum atomic E-state index is 13.5. The van der Waals surface area contributed by atoms with Gasteiger partial charge < -0.3 is 10.1 Å². The van der Waals surface area contributed by atoms with Crippen LogP contribution in [0.15, 0.2) is 18.2 Å². The van der Waals surface area contributed by atoms with Gasteiger partial charge in [0.05, 0.1) is 6.61 Å². The molecular formula is C16H26FNO. The molecule has 0 heterocycles. The summed E-state index contributed by atoms with van der Waals surface area (Å²) >= 11 is 0. The maximum absolute atomic E-state index is 13.5. The molecule has 108 valence electrons. The summed E-state index contributed by atoms with van der Waals surface area (Å²) in [7, 11) is 0. The van der Waals surface area contributed by atoms with E-state index < -0.39 is 0 Å². The van der Waals surface area contributed by atoms with Gasteiger partial charge in [-0.2, -0.15) is 0 Å². The lowest BCUT2D eigenvalue weighted by Gasteiger charge is -2.11. The van der Waals surface area contributed by atoms with Crippen LogP contribution in [-0.2, 0) is 6.54 Å². The Kier molecular flexibility index (Phi) is 6.85. The largest absolute Gasteiger partial charge is 0.493 e. The average Bonchev–Trinajstić information content (AvgIpc) is 2.27. The van der Waals surface area contributed by atoms with Gasteiger partial charge in [0.25, 0.3) is 0 Å². The summed E-state index contributed by atoms with van der Waals surface area (Å²) in [5.74, 6) is 1.58. The van der Waals surface area contributed by atoms with Crippen LogP contribution in [-0.4, -0.2) is 13.2 Å². The van der Waals surface area contributed by atoms with Gasteiger partial charge in [0, 0.05) is 12.6 Å². The van der Waals surface area contributed by atoms with Crippen LogP contribution in [0.2, 0.25) is 0 Å². The molecule has 0 radical (unpaired) electrons. The Morgan fingerprint density at radius 3 is 2.47 bits per heavy atom. The van der Waals surface area contributed by atoms with E-state index in [0.717, 1.165) is 18.5 Å². The van der Waals surface area contributed by atoms with Gasteiger partial charge in [0.15, 0.2) is 0 Å². The quantitative estimate of drug-likeness (QED) is 0.768. The Morgan fingerprint density at radius 2 is 1.84 bits per heavy atom. The monoisotopic (exact) mass is 267 g/mol. The lowest BCUT2D eigenvalue weighted by atomic mass is 10.1. The molecule has 2 nitrogen and oxygen atoms in total. The number of halogens is 1. The summed E-state index contributed by atoms with van der Waals surface area (Å²) in [6.07, 6.45) is 0.984. The zero-order chi connectivity index (χ0) is 14.3. The number of hydrogen-bond donors (Lipinski definition) is 1. The first-order chi connectivity index (χ1) is 8.97. The Labute approximate surface area is 116 Å². The van der Waals surface area contributed by atoms with Crippen LogP contribution < -0.4 is 10.1 Å². The van der Waals surface area contributed by atoms with Crippen molar-refractivity contribution in [3.63, 3.8) is 0 Å². The third-order valence-corrected chi connectivity index (χ3v) is 2.78. The van der Waals surface area contributed by atoms with E-state index in [0.29, 0.717) is 30.7 Å². The molecule has 1 aromatic carbocycles. The van der Waals surface area contributed by atoms with E-state index in [9.17, 15) is 4.39 Å². The van der Waals surface area contributed by atoms with Crippen molar-refractivity contribution in [1.29, 1.82) is 0 Å². The van der Waals surface area contributed by atoms with Gasteiger partial charge in [-0.1, -0.05) is 27.7 Å². The first-order valence-corrected chi connectivity index (χ1v) is 7.10. The van der Waals surface area contributed by atoms with Crippen molar-refractivity contribution in [3.05, 3.63) is 29.6 Å². The number of ether oxygens (including phenoxy) is 1. The van der Waals surface area contributed by atoms with Crippen LogP contribution in [0.5, 0.6) is 5.75 Å². The Hall–Kier alpha value is -1.09. The van der Waals surface area contributed by atoms with Crippen molar-refractivity contribution < 1.29 is 9.13 Å². The Morgan fingerprint density at radius 1 is 1.11 bits per heavy atom. The van der Waals surface area contributed by atoms with E-state index in [4.69, 9.17) is 4.74 Å². The Balaban J connectivity index is 2.51. The molecule has 0 aliphatic rings. The van der Waals surface area contributed by atoms with Crippen molar-refractivity contribution in [1.82, 2.24) is 5.32 Å². The predicted octanol–water partition coefficient (Wildman–Crippen LogP) is 4.00. The van der Waals surface area contributed by atoms with Crippen molar-refractivity contribution >= 4 is 0 Å². The van der Waals surface area contributed by atoms with Crippen LogP contribution in [0.3, 0.4) is 0 Å². The van der Waals surface area contributed by atoms with Gasteiger partial charge in [-0.05, 0) is 42.5 Å². The molecule has 0 atom stereocenters. The molecule has 0 aliphatic heterocycles. The molecule has 0 unspecified atom stereocenters. The van der Waals surface area contributed by atoms with Crippen molar-refractivity contribution in [2.75, 3.05) is 13.2 Å². The molecular weight excluding hydrogens is 241 g/mol. The fraction of sp³-hybridized carbons (Fsp3) is 0.625. The third-order valence-electron chi connectivity index (χ3n) is 2.78. The third kappa shape index (κ3) is 7.16. The minimum absolute atomic E-state index is 0.233. The van der Waals surface area contributed by atoms with E-state index in [1.54, 1.807) is 6.07 Å². The molecule has 0 aromatic heterocycles. The number of rotatable bonds is 8. The molecule has 0 saturated carbocycles. The van der Waals surface area contributed by atoms with E-state index in [1.807, 2.05) is 6.07 Å². The molecule has 0 fully saturated rings. The second-order valence-corrected chi connectivity index (χ2v) is 5.85. The molecule has 0 spiro atoms. The SMILES string of the molecule is CC(C)CCOc1cc(F)cc(CNCC(C)C)c1. The second-order valence-electron chi connectivity index (χ2n) is 5.85. The lowest BCUT2D eigenvalue weighted by Crippen LogP contribution is -2.19. The zero-order valence-electron chi connectivity index (χ0n) is 12.5. The number of hydrogen-bond acceptors (Lipinski definition) is 2. The van der Waals surface area contributed by atoms with Gasteiger partial charge >= 0.3 is 0 Å². The predicted molar refractivity (Wildman–Crippen MR) is 77.9 cm³/mol. The van der Waals surface area contributed by atoms with Crippen LogP contribution in [0.4, 0.5) is 4.39 Å². The molecule has 1 rings (SSSR count). The summed E-state index contributed by atoms with van der Waals surface area (Å²) in [4.78, 5) is 0. The zero-order valence-corrected chi connectivity index (χ0v) is 12.5. The second kappa shape index (κ2) is 8.16. The van der Waals surface area contributed by atoms with Crippen molar-refractivity contribution in [2.24, 2.45) is 11.8 Å². The average molecular weight is 267 g/mol. The highest BCUT2D eigenvalue weighted by atomic mass is 19.1. The smallest absolute Gasteiger partial charge is 0.127 e. The first-order valence-electron chi connectivity index (χ1n) is 7.10. The van der Waals surface area contributed by atoms with E-state index >= 15 is 0 Å². The lowest BCUT2D eigenvalue weighted by molar-refractivity contribution is 0.288. The topological polar surface area (TPSA) is 21.3 Å². The van der Waals surface area contributed by atoms with Crippen LogP contribution >= 0.6 is 0 Å². The van der Waals surface area contributed by atoms with E-state index in [2.05, 4.69) is 33.0 Å². The molecule has 0 aliphatic carbocycles. The minimum Gasteiger partial charge on any atom is -0.493 e. The molecule has 19 heavy (non-hydrogen) atoms. The standard InChI is InChI=1S/C16H26FNO/c1-12(2)5-6-19-16-8-14(7-15(17)9-16)11-18-10-13(3)4/h7-9,12-13,18H,5-6,10-11H2,1-4H3. The van der Waals surface area contributed by atoms with Gasteiger partial charge in [0.2, 0.25) is 0 Å². The molecule has 3 heteroatoms. The summed E-state index contributed by atoms with van der Waals surface area (Å²) in [6, 6.07) is 4.92. The fourth-order valence-corrected chi connectivity index (χ4v) is 1.72. The normalized spacial score (nSPS) is 11.3. The molecule has 0 saturated heterocycles. The summed E-state index contributed by atoms with van der Waals surface area (Å²) in [6.45, 7) is 10.8. The first kappa shape index (κ1) is 16.0. The molecule has 1 aromatic rings. The molecule has 0 bridgehead atoms. The van der Waals surface area contributed by atoms with Crippen molar-refractivity contribution in [3.8, 4) is 5.75 Å². The summed E-state index contributed by atoms with van der Waals surface area (Å²) < 4.78 is 19.1. The summed E-state index contributed by atoms with van der Waals surface area (Å²) in [5, 5.41) is 3.31. The minimum atomic E-state index is -0.233.